The number of hydrogen-bond acceptors (Lipinski definition) is 3. The third kappa shape index (κ3) is 3.28. The highest BCUT2D eigenvalue weighted by Crippen LogP contribution is 2.18. The summed E-state index contributed by atoms with van der Waals surface area (Å²) in [5.41, 5.74) is 0. The van der Waals surface area contributed by atoms with Crippen LogP contribution < -0.4 is 0 Å². The largest absolute Gasteiger partial charge is 0.471 e. The lowest BCUT2D eigenvalue weighted by Gasteiger charge is -1.92. The summed E-state index contributed by atoms with van der Waals surface area (Å²) in [6, 6.07) is 1.89. The molecule has 0 amide bonds. The first kappa shape index (κ1) is 8.40. The minimum absolute atomic E-state index is 0.237. The van der Waals surface area contributed by atoms with E-state index in [0.717, 1.165) is 10.6 Å². The van der Waals surface area contributed by atoms with Gasteiger partial charge in [-0.1, -0.05) is 0 Å². The highest BCUT2D eigenvalue weighted by atomic mass is 32.2. The molecule has 0 saturated heterocycles. The van der Waals surface area contributed by atoms with E-state index in [1.54, 1.807) is 31.2 Å². The Hall–Kier alpha value is -0.700. The van der Waals surface area contributed by atoms with Crippen LogP contribution >= 0.6 is 11.8 Å². The van der Waals surface area contributed by atoms with Crippen LogP contribution in [-0.2, 0) is 4.79 Å². The van der Waals surface area contributed by atoms with E-state index in [0.29, 0.717) is 6.42 Å². The second-order valence-electron chi connectivity index (χ2n) is 2.26. The van der Waals surface area contributed by atoms with Crippen LogP contribution in [0.1, 0.15) is 13.3 Å². The van der Waals surface area contributed by atoms with Gasteiger partial charge in [-0.05, 0) is 13.0 Å². The van der Waals surface area contributed by atoms with Gasteiger partial charge >= 0.3 is 0 Å². The smallest absolute Gasteiger partial charge is 0.130 e. The van der Waals surface area contributed by atoms with Crippen molar-refractivity contribution in [3.63, 3.8) is 0 Å². The summed E-state index contributed by atoms with van der Waals surface area (Å²) in [5.74, 6) is 1.08. The van der Waals surface area contributed by atoms with Gasteiger partial charge in [0, 0.05) is 17.1 Å². The van der Waals surface area contributed by atoms with Crippen molar-refractivity contribution >= 4 is 17.5 Å². The monoisotopic (exact) mass is 170 g/mol. The predicted octanol–water partition coefficient (Wildman–Crippen LogP) is 2.35. The average molecular weight is 170 g/mol. The summed E-state index contributed by atoms with van der Waals surface area (Å²) >= 11 is 1.64. The molecular formula is C8H10O2S. The zero-order valence-corrected chi connectivity index (χ0v) is 7.19. The summed E-state index contributed by atoms with van der Waals surface area (Å²) < 4.78 is 4.87. The van der Waals surface area contributed by atoms with Gasteiger partial charge in [0.15, 0.2) is 0 Å². The number of furan rings is 1. The number of carbonyl (C=O) groups excluding carboxylic acids is 1. The topological polar surface area (TPSA) is 30.2 Å². The maximum absolute atomic E-state index is 10.5. The Labute approximate surface area is 70.0 Å². The molecular weight excluding hydrogens is 160 g/mol. The van der Waals surface area contributed by atoms with E-state index >= 15 is 0 Å². The van der Waals surface area contributed by atoms with Gasteiger partial charge in [0.25, 0.3) is 0 Å². The van der Waals surface area contributed by atoms with Crippen LogP contribution in [0.15, 0.2) is 27.9 Å². The van der Waals surface area contributed by atoms with Crippen LogP contribution in [0.3, 0.4) is 0 Å². The Bertz CT molecular complexity index is 216. The summed E-state index contributed by atoms with van der Waals surface area (Å²) in [7, 11) is 0. The summed E-state index contributed by atoms with van der Waals surface area (Å²) in [6.07, 6.45) is 3.96. The molecule has 0 aliphatic heterocycles. The van der Waals surface area contributed by atoms with Crippen molar-refractivity contribution in [2.24, 2.45) is 0 Å². The predicted molar refractivity (Wildman–Crippen MR) is 44.7 cm³/mol. The van der Waals surface area contributed by atoms with Crippen molar-refractivity contribution in [1.82, 2.24) is 0 Å². The van der Waals surface area contributed by atoms with Gasteiger partial charge in [-0.25, -0.2) is 0 Å². The fourth-order valence-corrected chi connectivity index (χ4v) is 1.55. The van der Waals surface area contributed by atoms with Crippen molar-refractivity contribution in [1.29, 1.82) is 0 Å². The van der Waals surface area contributed by atoms with E-state index in [9.17, 15) is 4.79 Å². The molecule has 1 aromatic heterocycles. The number of rotatable bonds is 4. The highest BCUT2D eigenvalue weighted by Gasteiger charge is 1.96. The molecule has 0 spiro atoms. The van der Waals surface area contributed by atoms with Crippen molar-refractivity contribution < 1.29 is 9.21 Å². The number of ketones is 1. The Morgan fingerprint density at radius 3 is 3.09 bits per heavy atom. The lowest BCUT2D eigenvalue weighted by atomic mass is 10.4. The molecule has 0 unspecified atom stereocenters. The normalized spacial score (nSPS) is 9.91. The van der Waals surface area contributed by atoms with E-state index in [-0.39, 0.29) is 5.78 Å². The average Bonchev–Trinajstić information content (AvgIpc) is 2.39. The molecule has 2 nitrogen and oxygen atoms in total. The lowest BCUT2D eigenvalue weighted by molar-refractivity contribution is -0.116. The third-order valence-corrected chi connectivity index (χ3v) is 2.19. The van der Waals surface area contributed by atoms with E-state index < -0.39 is 0 Å². The maximum atomic E-state index is 10.5. The summed E-state index contributed by atoms with van der Waals surface area (Å²) in [6.45, 7) is 1.61. The Balaban J connectivity index is 2.19. The molecule has 11 heavy (non-hydrogen) atoms. The van der Waals surface area contributed by atoms with Crippen LogP contribution in [0.25, 0.3) is 0 Å². The fourth-order valence-electron chi connectivity index (χ4n) is 0.647. The van der Waals surface area contributed by atoms with Crippen LogP contribution in [0.5, 0.6) is 0 Å². The van der Waals surface area contributed by atoms with Gasteiger partial charge in [-0.15, -0.1) is 11.8 Å². The second-order valence-corrected chi connectivity index (χ2v) is 3.43. The van der Waals surface area contributed by atoms with Crippen molar-refractivity contribution in [2.45, 2.75) is 18.2 Å². The Kier molecular flexibility index (Phi) is 3.23. The first-order chi connectivity index (χ1) is 5.29. The van der Waals surface area contributed by atoms with Crippen molar-refractivity contribution in [3.8, 4) is 0 Å². The van der Waals surface area contributed by atoms with E-state index in [4.69, 9.17) is 4.42 Å². The minimum Gasteiger partial charge on any atom is -0.471 e. The van der Waals surface area contributed by atoms with Crippen molar-refractivity contribution in [2.75, 3.05) is 5.75 Å². The quantitative estimate of drug-likeness (QED) is 0.650. The molecule has 0 aromatic carbocycles. The number of hydrogen-bond donors (Lipinski definition) is 0. The molecule has 0 aliphatic rings. The van der Waals surface area contributed by atoms with Gasteiger partial charge < -0.3 is 4.42 Å². The molecule has 0 atom stereocenters. The number of Topliss-reactive ketones (excluding diaryl/α,β-unsaturated/α-hetero) is 1. The van der Waals surface area contributed by atoms with Gasteiger partial charge in [0.05, 0.1) is 6.26 Å². The molecule has 0 aliphatic carbocycles. The van der Waals surface area contributed by atoms with Crippen molar-refractivity contribution in [3.05, 3.63) is 18.6 Å². The molecule has 0 fully saturated rings. The van der Waals surface area contributed by atoms with E-state index in [2.05, 4.69) is 0 Å². The third-order valence-electron chi connectivity index (χ3n) is 1.22. The molecule has 0 bridgehead atoms. The van der Waals surface area contributed by atoms with Gasteiger partial charge in [0.2, 0.25) is 0 Å². The Morgan fingerprint density at radius 1 is 1.73 bits per heavy atom. The molecule has 60 valence electrons. The molecule has 0 saturated carbocycles. The summed E-state index contributed by atoms with van der Waals surface area (Å²) in [5, 5.41) is 0. The lowest BCUT2D eigenvalue weighted by Crippen LogP contribution is -1.90. The van der Waals surface area contributed by atoms with Gasteiger partial charge in [0.1, 0.15) is 12.0 Å². The highest BCUT2D eigenvalue weighted by molar-refractivity contribution is 7.99. The fraction of sp³-hybridized carbons (Fsp3) is 0.375. The zero-order chi connectivity index (χ0) is 8.10. The Morgan fingerprint density at radius 2 is 2.55 bits per heavy atom. The molecule has 1 heterocycles. The first-order valence-electron chi connectivity index (χ1n) is 3.43. The van der Waals surface area contributed by atoms with Gasteiger partial charge in [-0.3, -0.25) is 4.79 Å². The van der Waals surface area contributed by atoms with Crippen LogP contribution in [-0.4, -0.2) is 11.5 Å². The first-order valence-corrected chi connectivity index (χ1v) is 4.42. The van der Waals surface area contributed by atoms with E-state index in [1.165, 1.54) is 0 Å². The molecule has 0 N–H and O–H groups in total. The molecule has 0 radical (unpaired) electrons. The number of carbonyl (C=O) groups is 1. The summed E-state index contributed by atoms with van der Waals surface area (Å²) in [4.78, 5) is 11.6. The van der Waals surface area contributed by atoms with Crippen LogP contribution in [0.2, 0.25) is 0 Å². The van der Waals surface area contributed by atoms with Gasteiger partial charge in [-0.2, -0.15) is 0 Å². The second kappa shape index (κ2) is 4.23. The molecule has 1 aromatic rings. The standard InChI is InChI=1S/C8H10O2S/c1-7(9)3-5-11-8-2-4-10-6-8/h2,4,6H,3,5H2,1H3. The zero-order valence-electron chi connectivity index (χ0n) is 6.37. The minimum atomic E-state index is 0.237. The SMILES string of the molecule is CC(=O)CCSc1ccoc1. The van der Waals surface area contributed by atoms with Crippen LogP contribution in [0, 0.1) is 0 Å². The molecule has 3 heteroatoms. The molecule has 1 rings (SSSR count). The number of thioether (sulfide) groups is 1. The van der Waals surface area contributed by atoms with E-state index in [1.807, 2.05) is 6.07 Å². The van der Waals surface area contributed by atoms with Crippen LogP contribution in [0.4, 0.5) is 0 Å². The maximum Gasteiger partial charge on any atom is 0.130 e.